The lowest BCUT2D eigenvalue weighted by Crippen LogP contribution is -2.11. The van der Waals surface area contributed by atoms with Crippen LogP contribution in [0.4, 0.5) is 0 Å². The van der Waals surface area contributed by atoms with Gasteiger partial charge in [-0.15, -0.1) is 11.3 Å². The quantitative estimate of drug-likeness (QED) is 0.707. The Balaban J connectivity index is 2.07. The summed E-state index contributed by atoms with van der Waals surface area (Å²) in [7, 11) is 1.71. The molecule has 0 spiro atoms. The van der Waals surface area contributed by atoms with Crippen molar-refractivity contribution in [3.05, 3.63) is 56.8 Å². The second-order valence-corrected chi connectivity index (χ2v) is 6.12. The van der Waals surface area contributed by atoms with Crippen molar-refractivity contribution in [2.75, 3.05) is 7.05 Å². The summed E-state index contributed by atoms with van der Waals surface area (Å²) in [4.78, 5) is 4.94. The van der Waals surface area contributed by atoms with E-state index >= 15 is 0 Å². The van der Waals surface area contributed by atoms with Crippen molar-refractivity contribution in [2.24, 2.45) is 10.1 Å². The lowest BCUT2D eigenvalue weighted by molar-refractivity contribution is 0.474. The molecule has 1 N–H and O–H groups in total. The molecule has 0 saturated heterocycles. The maximum absolute atomic E-state index is 9.88. The van der Waals surface area contributed by atoms with Gasteiger partial charge in [0.2, 0.25) is 4.80 Å². The van der Waals surface area contributed by atoms with Gasteiger partial charge in [0, 0.05) is 22.5 Å². The maximum Gasteiger partial charge on any atom is 0.206 e. The molecule has 0 amide bonds. The molecule has 5 nitrogen and oxygen atoms in total. The summed E-state index contributed by atoms with van der Waals surface area (Å²) in [5.41, 5.74) is 1.42. The fourth-order valence-corrected chi connectivity index (χ4v) is 3.07. The minimum Gasteiger partial charge on any atom is -0.507 e. The molecule has 0 fully saturated rings. The van der Waals surface area contributed by atoms with Crippen molar-refractivity contribution >= 4 is 33.5 Å². The van der Waals surface area contributed by atoms with E-state index in [1.807, 2.05) is 17.5 Å². The number of hydrogen-bond donors (Lipinski definition) is 1. The average Bonchev–Trinajstić information content (AvgIpc) is 3.16. The fraction of sp³-hybridized carbons (Fsp3) is 0.0667. The summed E-state index contributed by atoms with van der Waals surface area (Å²) >= 11 is 4.85. The van der Waals surface area contributed by atoms with E-state index in [0.29, 0.717) is 11.3 Å². The minimum atomic E-state index is 0.164. The number of rotatable bonds is 3. The van der Waals surface area contributed by atoms with Gasteiger partial charge in [0.05, 0.1) is 12.5 Å². The van der Waals surface area contributed by atoms with E-state index in [9.17, 15) is 5.11 Å². The molecule has 3 rings (SSSR count). The lowest BCUT2D eigenvalue weighted by Gasteiger charge is -2.02. The Morgan fingerprint density at radius 2 is 2.23 bits per heavy atom. The van der Waals surface area contributed by atoms with Gasteiger partial charge in [-0.05, 0) is 30.3 Å². The molecule has 0 radical (unpaired) electrons. The molecule has 2 aromatic heterocycles. The zero-order chi connectivity index (χ0) is 15.5. The van der Waals surface area contributed by atoms with E-state index in [4.69, 9.17) is 4.42 Å². The molecule has 0 bridgehead atoms. The van der Waals surface area contributed by atoms with Crippen LogP contribution in [-0.4, -0.2) is 23.0 Å². The number of benzene rings is 1. The number of phenolic OH excluding ortho intramolecular Hbond substituents is 1. The van der Waals surface area contributed by atoms with E-state index in [0.717, 1.165) is 15.0 Å². The van der Waals surface area contributed by atoms with Crippen molar-refractivity contribution in [1.82, 2.24) is 4.68 Å². The highest BCUT2D eigenvalue weighted by atomic mass is 79.9. The van der Waals surface area contributed by atoms with Crippen LogP contribution in [0.15, 0.2) is 61.0 Å². The number of nitrogens with zero attached hydrogens (tertiary/aromatic N) is 3. The number of halogens is 1. The molecule has 0 aliphatic rings. The van der Waals surface area contributed by atoms with Crippen molar-refractivity contribution in [3.63, 3.8) is 0 Å². The van der Waals surface area contributed by atoms with Gasteiger partial charge in [0.15, 0.2) is 5.76 Å². The number of thiazole rings is 1. The Kier molecular flexibility index (Phi) is 4.26. The van der Waals surface area contributed by atoms with Crippen LogP contribution in [0.1, 0.15) is 5.56 Å². The summed E-state index contributed by atoms with van der Waals surface area (Å²) in [5, 5.41) is 16.2. The molecule has 3 aromatic rings. The van der Waals surface area contributed by atoms with Crippen LogP contribution < -0.4 is 4.80 Å². The van der Waals surface area contributed by atoms with Gasteiger partial charge >= 0.3 is 0 Å². The average molecular weight is 378 g/mol. The standard InChI is InChI=1S/C15H12BrN3O2S/c1-17-15-19(12(9-22-15)14-3-2-6-21-14)18-8-10-7-11(16)4-5-13(10)20/h2-9,20H,1H3/b17-15?,18-8+. The first-order valence-corrected chi connectivity index (χ1v) is 8.06. The molecule has 7 heteroatoms. The predicted octanol–water partition coefficient (Wildman–Crippen LogP) is 3.69. The van der Waals surface area contributed by atoms with E-state index in [1.54, 1.807) is 42.4 Å². The number of aromatic hydroxyl groups is 1. The Bertz CT molecular complexity index is 879. The molecule has 0 unspecified atom stereocenters. The zero-order valence-electron chi connectivity index (χ0n) is 11.6. The zero-order valence-corrected chi connectivity index (χ0v) is 14.0. The van der Waals surface area contributed by atoms with Gasteiger partial charge in [-0.2, -0.15) is 5.10 Å². The van der Waals surface area contributed by atoms with Gasteiger partial charge in [-0.25, -0.2) is 4.68 Å². The molecule has 2 heterocycles. The Morgan fingerprint density at radius 1 is 1.36 bits per heavy atom. The summed E-state index contributed by atoms with van der Waals surface area (Å²) in [6, 6.07) is 8.86. The van der Waals surface area contributed by atoms with Crippen LogP contribution in [0, 0.1) is 0 Å². The molecular formula is C15H12BrN3O2S. The first-order valence-electron chi connectivity index (χ1n) is 6.39. The normalized spacial score (nSPS) is 12.4. The highest BCUT2D eigenvalue weighted by Crippen LogP contribution is 2.22. The molecule has 0 atom stereocenters. The SMILES string of the molecule is CN=c1scc(-c2ccco2)n1/N=C/c1cc(Br)ccc1O. The Labute approximate surface area is 139 Å². The van der Waals surface area contributed by atoms with Crippen LogP contribution >= 0.6 is 27.3 Å². The number of furan rings is 1. The monoisotopic (exact) mass is 377 g/mol. The summed E-state index contributed by atoms with van der Waals surface area (Å²) in [6.45, 7) is 0. The number of phenols is 1. The summed E-state index contributed by atoms with van der Waals surface area (Å²) < 4.78 is 7.98. The third-order valence-corrected chi connectivity index (χ3v) is 4.35. The van der Waals surface area contributed by atoms with Crippen molar-refractivity contribution < 1.29 is 9.52 Å². The molecule has 0 aliphatic heterocycles. The third kappa shape index (κ3) is 2.90. The topological polar surface area (TPSA) is 63.0 Å². The van der Waals surface area contributed by atoms with Crippen LogP contribution in [0.5, 0.6) is 5.75 Å². The molecule has 0 saturated carbocycles. The van der Waals surface area contributed by atoms with E-state index in [2.05, 4.69) is 26.0 Å². The number of aromatic nitrogens is 1. The first-order chi connectivity index (χ1) is 10.7. The molecule has 112 valence electrons. The molecular weight excluding hydrogens is 366 g/mol. The Hall–Kier alpha value is -2.12. The van der Waals surface area contributed by atoms with Crippen LogP contribution in [0.25, 0.3) is 11.5 Å². The minimum absolute atomic E-state index is 0.164. The van der Waals surface area contributed by atoms with Crippen LogP contribution in [0.2, 0.25) is 0 Å². The van der Waals surface area contributed by atoms with Gasteiger partial charge in [0.25, 0.3) is 0 Å². The fourth-order valence-electron chi connectivity index (χ4n) is 1.91. The molecule has 0 aliphatic carbocycles. The van der Waals surface area contributed by atoms with Gasteiger partial charge in [0.1, 0.15) is 11.4 Å². The van der Waals surface area contributed by atoms with E-state index in [1.165, 1.54) is 11.3 Å². The van der Waals surface area contributed by atoms with Crippen molar-refractivity contribution in [2.45, 2.75) is 0 Å². The van der Waals surface area contributed by atoms with E-state index in [-0.39, 0.29) is 5.75 Å². The Morgan fingerprint density at radius 3 is 2.95 bits per heavy atom. The maximum atomic E-state index is 9.88. The summed E-state index contributed by atoms with van der Waals surface area (Å²) in [5.74, 6) is 0.874. The van der Waals surface area contributed by atoms with Crippen LogP contribution in [0.3, 0.4) is 0 Å². The first kappa shape index (κ1) is 14.8. The second kappa shape index (κ2) is 6.33. The lowest BCUT2D eigenvalue weighted by atomic mass is 10.2. The summed E-state index contributed by atoms with van der Waals surface area (Å²) in [6.07, 6.45) is 3.21. The van der Waals surface area contributed by atoms with E-state index < -0.39 is 0 Å². The van der Waals surface area contributed by atoms with Gasteiger partial charge in [-0.1, -0.05) is 15.9 Å². The highest BCUT2D eigenvalue weighted by Gasteiger charge is 2.09. The van der Waals surface area contributed by atoms with Crippen molar-refractivity contribution in [1.29, 1.82) is 0 Å². The third-order valence-electron chi connectivity index (χ3n) is 2.95. The van der Waals surface area contributed by atoms with Gasteiger partial charge < -0.3 is 9.52 Å². The predicted molar refractivity (Wildman–Crippen MR) is 90.3 cm³/mol. The number of hydrogen-bond acceptors (Lipinski definition) is 5. The van der Waals surface area contributed by atoms with Gasteiger partial charge in [-0.3, -0.25) is 4.99 Å². The van der Waals surface area contributed by atoms with Crippen molar-refractivity contribution in [3.8, 4) is 17.2 Å². The smallest absolute Gasteiger partial charge is 0.206 e. The molecule has 22 heavy (non-hydrogen) atoms. The highest BCUT2D eigenvalue weighted by molar-refractivity contribution is 9.10. The molecule has 1 aromatic carbocycles. The van der Waals surface area contributed by atoms with Crippen LogP contribution in [-0.2, 0) is 0 Å². The largest absolute Gasteiger partial charge is 0.507 e. The second-order valence-electron chi connectivity index (χ2n) is 4.36.